The normalized spacial score (nSPS) is 21.5. The van der Waals surface area contributed by atoms with Gasteiger partial charge in [0.15, 0.2) is 5.96 Å². The lowest BCUT2D eigenvalue weighted by Gasteiger charge is -2.35. The quantitative estimate of drug-likeness (QED) is 0.204. The Bertz CT molecular complexity index is 437. The molecule has 0 amide bonds. The molecule has 7 heteroatoms. The summed E-state index contributed by atoms with van der Waals surface area (Å²) in [7, 11) is 2.20. The average molecular weight is 525 g/mol. The van der Waals surface area contributed by atoms with Crippen molar-refractivity contribution < 1.29 is 9.47 Å². The van der Waals surface area contributed by atoms with Crippen LogP contribution in [-0.2, 0) is 9.47 Å². The monoisotopic (exact) mass is 524 g/mol. The Morgan fingerprint density at radius 3 is 2.59 bits per heavy atom. The van der Waals surface area contributed by atoms with Crippen LogP contribution in [-0.4, -0.2) is 87.0 Å². The number of nitrogens with zero attached hydrogens (tertiary/aromatic N) is 3. The van der Waals surface area contributed by atoms with Gasteiger partial charge in [0, 0.05) is 38.8 Å². The van der Waals surface area contributed by atoms with E-state index in [1.165, 1.54) is 19.3 Å². The van der Waals surface area contributed by atoms with E-state index in [1.807, 2.05) is 0 Å². The lowest BCUT2D eigenvalue weighted by molar-refractivity contribution is -0.0721. The molecule has 2 aliphatic rings. The number of likely N-dealkylation sites (tertiary alicyclic amines) is 1. The maximum Gasteiger partial charge on any atom is 0.193 e. The zero-order valence-electron chi connectivity index (χ0n) is 19.2. The Labute approximate surface area is 196 Å². The molecule has 2 aliphatic heterocycles. The molecule has 0 aromatic carbocycles. The minimum atomic E-state index is 0. The summed E-state index contributed by atoms with van der Waals surface area (Å²) in [5.41, 5.74) is 0. The van der Waals surface area contributed by atoms with Gasteiger partial charge in [-0.05, 0) is 79.3 Å². The van der Waals surface area contributed by atoms with Crippen LogP contribution in [0.5, 0.6) is 0 Å². The molecule has 6 nitrogen and oxygen atoms in total. The fraction of sp³-hybridized carbons (Fsp3) is 0.955. The molecule has 0 saturated carbocycles. The minimum absolute atomic E-state index is 0. The molecule has 2 rings (SSSR count). The van der Waals surface area contributed by atoms with Crippen LogP contribution in [0.25, 0.3) is 0 Å². The van der Waals surface area contributed by atoms with Gasteiger partial charge in [0.2, 0.25) is 0 Å². The number of aliphatic imine (C=N–C) groups is 1. The summed E-state index contributed by atoms with van der Waals surface area (Å²) in [4.78, 5) is 9.68. The molecule has 2 heterocycles. The van der Waals surface area contributed by atoms with E-state index in [-0.39, 0.29) is 24.0 Å². The number of rotatable bonds is 10. The number of hydrogen-bond donors (Lipinski definition) is 1. The molecule has 1 atom stereocenters. The van der Waals surface area contributed by atoms with E-state index < -0.39 is 0 Å². The van der Waals surface area contributed by atoms with Gasteiger partial charge in [-0.2, -0.15) is 0 Å². The van der Waals surface area contributed by atoms with Gasteiger partial charge in [-0.3, -0.25) is 4.99 Å². The molecular weight excluding hydrogens is 479 g/mol. The van der Waals surface area contributed by atoms with Crippen molar-refractivity contribution in [3.8, 4) is 0 Å². The van der Waals surface area contributed by atoms with Crippen molar-refractivity contribution in [3.63, 3.8) is 0 Å². The van der Waals surface area contributed by atoms with Gasteiger partial charge < -0.3 is 24.6 Å². The standard InChI is InChI=1S/C22H44N4O2.HI/c1-5-23-22(24-13-7-8-14-25(4)19(2)3)26-15-11-20(12-16-26)28-18-21-10-6-9-17-27-21;/h19-21H,5-18H2,1-4H3,(H,23,24);1H. The highest BCUT2D eigenvalue weighted by molar-refractivity contribution is 14.0. The van der Waals surface area contributed by atoms with E-state index in [1.54, 1.807) is 0 Å². The molecule has 1 N–H and O–H groups in total. The first-order valence-electron chi connectivity index (χ1n) is 11.6. The maximum absolute atomic E-state index is 6.15. The number of ether oxygens (including phenoxy) is 2. The number of nitrogens with one attached hydrogen (secondary N) is 1. The van der Waals surface area contributed by atoms with E-state index in [4.69, 9.17) is 14.5 Å². The van der Waals surface area contributed by atoms with Crippen LogP contribution in [0, 0.1) is 0 Å². The number of guanidine groups is 1. The van der Waals surface area contributed by atoms with Crippen LogP contribution in [0.1, 0.15) is 65.7 Å². The van der Waals surface area contributed by atoms with Crippen LogP contribution in [0.15, 0.2) is 4.99 Å². The Balaban J connectivity index is 0.00000420. The molecule has 172 valence electrons. The summed E-state index contributed by atoms with van der Waals surface area (Å²) in [6, 6.07) is 0.619. The summed E-state index contributed by atoms with van der Waals surface area (Å²) in [6.45, 7) is 13.3. The lowest BCUT2D eigenvalue weighted by Crippen LogP contribution is -2.47. The minimum Gasteiger partial charge on any atom is -0.376 e. The number of hydrogen-bond acceptors (Lipinski definition) is 4. The fourth-order valence-electron chi connectivity index (χ4n) is 3.76. The molecule has 2 saturated heterocycles. The molecule has 2 fully saturated rings. The molecule has 29 heavy (non-hydrogen) atoms. The van der Waals surface area contributed by atoms with Crippen LogP contribution >= 0.6 is 24.0 Å². The Hall–Kier alpha value is -0.120. The SMILES string of the molecule is CCNC(=NCCCCN(C)C(C)C)N1CCC(OCC2CCCCO2)CC1.I. The highest BCUT2D eigenvalue weighted by Crippen LogP contribution is 2.18. The van der Waals surface area contributed by atoms with Gasteiger partial charge in [0.1, 0.15) is 0 Å². The molecule has 0 bridgehead atoms. The highest BCUT2D eigenvalue weighted by atomic mass is 127. The predicted octanol–water partition coefficient (Wildman–Crippen LogP) is 3.74. The van der Waals surface area contributed by atoms with E-state index >= 15 is 0 Å². The summed E-state index contributed by atoms with van der Waals surface area (Å²) in [5, 5.41) is 3.47. The summed E-state index contributed by atoms with van der Waals surface area (Å²) >= 11 is 0. The lowest BCUT2D eigenvalue weighted by atomic mass is 10.1. The van der Waals surface area contributed by atoms with E-state index in [2.05, 4.69) is 42.9 Å². The zero-order valence-corrected chi connectivity index (χ0v) is 21.5. The van der Waals surface area contributed by atoms with Gasteiger partial charge in [0.25, 0.3) is 0 Å². The van der Waals surface area contributed by atoms with E-state index in [9.17, 15) is 0 Å². The van der Waals surface area contributed by atoms with Crippen molar-refractivity contribution >= 4 is 29.9 Å². The van der Waals surface area contributed by atoms with Crippen molar-refractivity contribution in [3.05, 3.63) is 0 Å². The molecule has 0 spiro atoms. The maximum atomic E-state index is 6.15. The highest BCUT2D eigenvalue weighted by Gasteiger charge is 2.23. The van der Waals surface area contributed by atoms with Gasteiger partial charge in [-0.1, -0.05) is 0 Å². The van der Waals surface area contributed by atoms with Crippen molar-refractivity contribution in [1.82, 2.24) is 15.1 Å². The number of halogens is 1. The predicted molar refractivity (Wildman–Crippen MR) is 133 cm³/mol. The van der Waals surface area contributed by atoms with Gasteiger partial charge in [-0.25, -0.2) is 0 Å². The third-order valence-corrected chi connectivity index (χ3v) is 5.93. The largest absolute Gasteiger partial charge is 0.376 e. The van der Waals surface area contributed by atoms with E-state index in [0.29, 0.717) is 18.2 Å². The van der Waals surface area contributed by atoms with Crippen LogP contribution in [0.3, 0.4) is 0 Å². The zero-order chi connectivity index (χ0) is 20.2. The Kier molecular flexibility index (Phi) is 14.5. The second-order valence-electron chi connectivity index (χ2n) is 8.53. The first-order valence-corrected chi connectivity index (χ1v) is 11.6. The molecule has 0 aromatic heterocycles. The van der Waals surface area contributed by atoms with Crippen LogP contribution in [0.2, 0.25) is 0 Å². The first-order chi connectivity index (χ1) is 13.6. The molecule has 0 aliphatic carbocycles. The van der Waals surface area contributed by atoms with Crippen molar-refractivity contribution in [1.29, 1.82) is 0 Å². The van der Waals surface area contributed by atoms with Gasteiger partial charge in [0.05, 0.1) is 18.8 Å². The molecule has 1 unspecified atom stereocenters. The van der Waals surface area contributed by atoms with Gasteiger partial charge in [-0.15, -0.1) is 24.0 Å². The smallest absolute Gasteiger partial charge is 0.193 e. The number of piperidine rings is 1. The summed E-state index contributed by atoms with van der Waals surface area (Å²) in [6.07, 6.45) is 8.84. The van der Waals surface area contributed by atoms with Gasteiger partial charge >= 0.3 is 0 Å². The third kappa shape index (κ3) is 10.6. The van der Waals surface area contributed by atoms with Crippen molar-refractivity contribution in [2.24, 2.45) is 4.99 Å². The molecule has 0 aromatic rings. The number of unbranched alkanes of at least 4 members (excludes halogenated alkanes) is 1. The topological polar surface area (TPSA) is 49.3 Å². The second-order valence-corrected chi connectivity index (χ2v) is 8.53. The molecule has 0 radical (unpaired) electrons. The van der Waals surface area contributed by atoms with Crippen molar-refractivity contribution in [2.45, 2.75) is 84.0 Å². The molecular formula is C22H45IN4O2. The third-order valence-electron chi connectivity index (χ3n) is 5.93. The van der Waals surface area contributed by atoms with Crippen LogP contribution < -0.4 is 5.32 Å². The Morgan fingerprint density at radius 2 is 1.97 bits per heavy atom. The van der Waals surface area contributed by atoms with E-state index in [0.717, 1.165) is 77.6 Å². The van der Waals surface area contributed by atoms with Crippen molar-refractivity contribution in [2.75, 3.05) is 53.0 Å². The van der Waals surface area contributed by atoms with Crippen LogP contribution in [0.4, 0.5) is 0 Å². The average Bonchev–Trinajstić information content (AvgIpc) is 2.72. The summed E-state index contributed by atoms with van der Waals surface area (Å²) < 4.78 is 11.9. The Morgan fingerprint density at radius 1 is 1.21 bits per heavy atom. The summed E-state index contributed by atoms with van der Waals surface area (Å²) in [5.74, 6) is 1.08. The fourth-order valence-corrected chi connectivity index (χ4v) is 3.76. The second kappa shape index (κ2) is 15.6. The first kappa shape index (κ1) is 26.9.